The number of anilines is 2. The first-order valence-electron chi connectivity index (χ1n) is 4.67. The SMILES string of the molecule is NC(=O)CCC(=O)N(O)c1ccccc1N. The number of benzene rings is 1. The fourth-order valence-corrected chi connectivity index (χ4v) is 1.15. The van der Waals surface area contributed by atoms with Crippen LogP contribution >= 0.6 is 0 Å². The molecular formula is C10H13N3O3. The second-order valence-electron chi connectivity index (χ2n) is 3.23. The molecule has 0 spiro atoms. The third-order valence-corrected chi connectivity index (χ3v) is 1.99. The van der Waals surface area contributed by atoms with E-state index in [9.17, 15) is 14.8 Å². The van der Waals surface area contributed by atoms with Crippen molar-refractivity contribution >= 4 is 23.2 Å². The lowest BCUT2D eigenvalue weighted by Crippen LogP contribution is -2.28. The van der Waals surface area contributed by atoms with Gasteiger partial charge in [-0.1, -0.05) is 12.1 Å². The number of carbonyl (C=O) groups excluding carboxylic acids is 2. The van der Waals surface area contributed by atoms with Gasteiger partial charge in [0.15, 0.2) is 0 Å². The van der Waals surface area contributed by atoms with E-state index in [4.69, 9.17) is 11.5 Å². The minimum absolute atomic E-state index is 0.109. The van der Waals surface area contributed by atoms with Crippen LogP contribution in [0.15, 0.2) is 24.3 Å². The van der Waals surface area contributed by atoms with Gasteiger partial charge in [-0.25, -0.2) is 0 Å². The van der Waals surface area contributed by atoms with Crippen molar-refractivity contribution < 1.29 is 14.8 Å². The second-order valence-corrected chi connectivity index (χ2v) is 3.23. The Bertz CT molecular complexity index is 406. The van der Waals surface area contributed by atoms with Gasteiger partial charge >= 0.3 is 0 Å². The van der Waals surface area contributed by atoms with Gasteiger partial charge in [-0.2, -0.15) is 5.06 Å². The number of hydrogen-bond acceptors (Lipinski definition) is 4. The molecule has 1 aromatic rings. The molecule has 0 bridgehead atoms. The zero-order valence-electron chi connectivity index (χ0n) is 8.59. The van der Waals surface area contributed by atoms with Gasteiger partial charge in [0.1, 0.15) is 0 Å². The molecule has 6 nitrogen and oxygen atoms in total. The Morgan fingerprint density at radius 1 is 1.25 bits per heavy atom. The van der Waals surface area contributed by atoms with E-state index in [1.807, 2.05) is 0 Å². The molecule has 16 heavy (non-hydrogen) atoms. The maximum atomic E-state index is 11.4. The van der Waals surface area contributed by atoms with E-state index in [-0.39, 0.29) is 24.2 Å². The van der Waals surface area contributed by atoms with Gasteiger partial charge in [0.25, 0.3) is 5.91 Å². The number of hydroxylamine groups is 1. The van der Waals surface area contributed by atoms with Crippen LogP contribution in [-0.2, 0) is 9.59 Å². The van der Waals surface area contributed by atoms with Crippen molar-refractivity contribution in [3.63, 3.8) is 0 Å². The molecule has 0 aromatic heterocycles. The summed E-state index contributed by atoms with van der Waals surface area (Å²) in [5, 5.41) is 9.96. The van der Waals surface area contributed by atoms with Crippen LogP contribution in [0.25, 0.3) is 0 Å². The summed E-state index contributed by atoms with van der Waals surface area (Å²) in [5.41, 5.74) is 10.9. The molecule has 0 fully saturated rings. The molecule has 0 saturated carbocycles. The lowest BCUT2D eigenvalue weighted by Gasteiger charge is -2.16. The smallest absolute Gasteiger partial charge is 0.251 e. The van der Waals surface area contributed by atoms with Gasteiger partial charge < -0.3 is 11.5 Å². The van der Waals surface area contributed by atoms with Gasteiger partial charge in [0.05, 0.1) is 11.4 Å². The highest BCUT2D eigenvalue weighted by Gasteiger charge is 2.15. The van der Waals surface area contributed by atoms with Crippen molar-refractivity contribution in [1.82, 2.24) is 0 Å². The van der Waals surface area contributed by atoms with Crippen molar-refractivity contribution in [2.45, 2.75) is 12.8 Å². The number of rotatable bonds is 4. The van der Waals surface area contributed by atoms with E-state index in [2.05, 4.69) is 0 Å². The maximum absolute atomic E-state index is 11.4. The van der Waals surface area contributed by atoms with Crippen LogP contribution in [-0.4, -0.2) is 17.0 Å². The first kappa shape index (κ1) is 12.0. The van der Waals surface area contributed by atoms with E-state index in [1.165, 1.54) is 6.07 Å². The van der Waals surface area contributed by atoms with Crippen LogP contribution in [0.4, 0.5) is 11.4 Å². The molecule has 0 aliphatic rings. The number of nitrogen functional groups attached to an aromatic ring is 1. The third-order valence-electron chi connectivity index (χ3n) is 1.99. The molecule has 86 valence electrons. The second kappa shape index (κ2) is 5.13. The molecule has 0 saturated heterocycles. The Kier molecular flexibility index (Phi) is 3.84. The van der Waals surface area contributed by atoms with Gasteiger partial charge in [-0.3, -0.25) is 14.8 Å². The lowest BCUT2D eigenvalue weighted by molar-refractivity contribution is -0.126. The largest absolute Gasteiger partial charge is 0.397 e. The van der Waals surface area contributed by atoms with Crippen LogP contribution in [0.5, 0.6) is 0 Å². The number of nitrogens with two attached hydrogens (primary N) is 2. The molecule has 6 heteroatoms. The summed E-state index contributed by atoms with van der Waals surface area (Å²) >= 11 is 0. The molecule has 0 radical (unpaired) electrons. The van der Waals surface area contributed by atoms with Crippen molar-refractivity contribution in [2.24, 2.45) is 5.73 Å². The van der Waals surface area contributed by atoms with Crippen molar-refractivity contribution in [1.29, 1.82) is 0 Å². The van der Waals surface area contributed by atoms with Gasteiger partial charge in [-0.15, -0.1) is 0 Å². The quantitative estimate of drug-likeness (QED) is 0.386. The Hall–Kier alpha value is -2.08. The zero-order chi connectivity index (χ0) is 12.1. The highest BCUT2D eigenvalue weighted by Crippen LogP contribution is 2.21. The predicted molar refractivity (Wildman–Crippen MR) is 58.6 cm³/mol. The Morgan fingerprint density at radius 3 is 2.44 bits per heavy atom. The fraction of sp³-hybridized carbons (Fsp3) is 0.200. The minimum atomic E-state index is -0.628. The Labute approximate surface area is 92.4 Å². The van der Waals surface area contributed by atoms with Crippen LogP contribution < -0.4 is 16.5 Å². The highest BCUT2D eigenvalue weighted by atomic mass is 16.5. The van der Waals surface area contributed by atoms with E-state index in [1.54, 1.807) is 18.2 Å². The Morgan fingerprint density at radius 2 is 1.88 bits per heavy atom. The molecule has 0 aliphatic heterocycles. The molecule has 2 amide bonds. The lowest BCUT2D eigenvalue weighted by atomic mass is 10.2. The summed E-state index contributed by atoms with van der Waals surface area (Å²) in [6.07, 6.45) is -0.261. The fourth-order valence-electron chi connectivity index (χ4n) is 1.15. The average Bonchev–Trinajstić information content (AvgIpc) is 2.25. The van der Waals surface area contributed by atoms with E-state index in [0.717, 1.165) is 0 Å². The van der Waals surface area contributed by atoms with E-state index in [0.29, 0.717) is 5.06 Å². The van der Waals surface area contributed by atoms with Gasteiger partial charge in [0, 0.05) is 12.8 Å². The normalized spacial score (nSPS) is 9.81. The van der Waals surface area contributed by atoms with E-state index >= 15 is 0 Å². The summed E-state index contributed by atoms with van der Waals surface area (Å²) in [5.74, 6) is -1.22. The number of primary amides is 1. The summed E-state index contributed by atoms with van der Waals surface area (Å²) < 4.78 is 0. The minimum Gasteiger partial charge on any atom is -0.397 e. The molecule has 1 rings (SSSR count). The van der Waals surface area contributed by atoms with Crippen molar-refractivity contribution in [3.8, 4) is 0 Å². The monoisotopic (exact) mass is 223 g/mol. The maximum Gasteiger partial charge on any atom is 0.251 e. The number of amides is 2. The molecule has 1 aromatic carbocycles. The molecule has 0 atom stereocenters. The van der Waals surface area contributed by atoms with Gasteiger partial charge in [-0.05, 0) is 12.1 Å². The number of carbonyl (C=O) groups is 2. The van der Waals surface area contributed by atoms with E-state index < -0.39 is 11.8 Å². The van der Waals surface area contributed by atoms with Crippen molar-refractivity contribution in [2.75, 3.05) is 10.8 Å². The standard InChI is InChI=1S/C10H13N3O3/c11-7-3-1-2-4-8(7)13(16)10(15)6-5-9(12)14/h1-4,16H,5-6,11H2,(H2,12,14). The first-order chi connectivity index (χ1) is 7.52. The molecule has 0 unspecified atom stereocenters. The molecule has 0 heterocycles. The number of para-hydroxylation sites is 2. The van der Waals surface area contributed by atoms with Crippen LogP contribution in [0.1, 0.15) is 12.8 Å². The topological polar surface area (TPSA) is 110 Å². The average molecular weight is 223 g/mol. The molecule has 5 N–H and O–H groups in total. The molecule has 0 aliphatic carbocycles. The Balaban J connectivity index is 2.71. The summed E-state index contributed by atoms with van der Waals surface area (Å²) in [6.45, 7) is 0. The summed E-state index contributed by atoms with van der Waals surface area (Å²) in [7, 11) is 0. The molecular weight excluding hydrogens is 210 g/mol. The third kappa shape index (κ3) is 2.96. The van der Waals surface area contributed by atoms with Crippen LogP contribution in [0.3, 0.4) is 0 Å². The van der Waals surface area contributed by atoms with Crippen LogP contribution in [0, 0.1) is 0 Å². The summed E-state index contributed by atoms with van der Waals surface area (Å²) in [6, 6.07) is 6.37. The van der Waals surface area contributed by atoms with Crippen molar-refractivity contribution in [3.05, 3.63) is 24.3 Å². The number of hydrogen-bond donors (Lipinski definition) is 3. The predicted octanol–water partition coefficient (Wildman–Crippen LogP) is 0.256. The van der Waals surface area contributed by atoms with Crippen LogP contribution in [0.2, 0.25) is 0 Å². The zero-order valence-corrected chi connectivity index (χ0v) is 8.59. The first-order valence-corrected chi connectivity index (χ1v) is 4.67. The number of nitrogens with zero attached hydrogens (tertiary/aromatic N) is 1. The highest BCUT2D eigenvalue weighted by molar-refractivity contribution is 5.95. The summed E-state index contributed by atoms with van der Waals surface area (Å²) in [4.78, 5) is 21.9. The van der Waals surface area contributed by atoms with Gasteiger partial charge in [0.2, 0.25) is 5.91 Å².